The predicted molar refractivity (Wildman–Crippen MR) is 51.9 cm³/mol. The van der Waals surface area contributed by atoms with E-state index in [4.69, 9.17) is 5.73 Å². The Hall–Kier alpha value is 0.270. The van der Waals surface area contributed by atoms with E-state index < -0.39 is 5.54 Å². The van der Waals surface area contributed by atoms with Crippen molar-refractivity contribution in [1.29, 1.82) is 0 Å². The van der Waals surface area contributed by atoms with E-state index in [1.807, 2.05) is 25.6 Å². The van der Waals surface area contributed by atoms with Crippen LogP contribution in [0.5, 0.6) is 0 Å². The van der Waals surface area contributed by atoms with Gasteiger partial charge in [0, 0.05) is 5.54 Å². The Morgan fingerprint density at radius 3 is 2.45 bits per heavy atom. The molecule has 0 saturated carbocycles. The van der Waals surface area contributed by atoms with E-state index in [9.17, 15) is 5.11 Å². The summed E-state index contributed by atoms with van der Waals surface area (Å²) in [5.41, 5.74) is 5.25. The first-order valence-corrected chi connectivity index (χ1v) is 5.18. The highest BCUT2D eigenvalue weighted by molar-refractivity contribution is 7.99. The van der Waals surface area contributed by atoms with E-state index in [-0.39, 0.29) is 6.10 Å². The second-order valence-electron chi connectivity index (χ2n) is 3.32. The van der Waals surface area contributed by atoms with Crippen molar-refractivity contribution in [3.8, 4) is 0 Å². The first-order chi connectivity index (χ1) is 4.98. The van der Waals surface area contributed by atoms with Crippen LogP contribution in [0.2, 0.25) is 0 Å². The summed E-state index contributed by atoms with van der Waals surface area (Å²) in [6.45, 7) is 5.83. The van der Waals surface area contributed by atoms with Gasteiger partial charge in [0.25, 0.3) is 0 Å². The highest BCUT2D eigenvalue weighted by Crippen LogP contribution is 2.12. The normalized spacial score (nSPS) is 15.0. The third kappa shape index (κ3) is 5.53. The smallest absolute Gasteiger partial charge is 0.0722 e. The third-order valence-corrected chi connectivity index (χ3v) is 2.53. The summed E-state index contributed by atoms with van der Waals surface area (Å²) in [5, 5.41) is 9.47. The second-order valence-corrected chi connectivity index (χ2v) is 4.72. The van der Waals surface area contributed by atoms with Crippen LogP contribution in [0.25, 0.3) is 0 Å². The maximum Gasteiger partial charge on any atom is 0.0722 e. The van der Waals surface area contributed by atoms with Gasteiger partial charge in [0.05, 0.1) is 6.10 Å². The van der Waals surface area contributed by atoms with Gasteiger partial charge < -0.3 is 10.8 Å². The van der Waals surface area contributed by atoms with Crippen molar-refractivity contribution >= 4 is 11.8 Å². The molecule has 68 valence electrons. The Kier molecular flexibility index (Phi) is 5.13. The molecule has 11 heavy (non-hydrogen) atoms. The Labute approximate surface area is 73.6 Å². The molecule has 0 aliphatic heterocycles. The molecule has 0 aliphatic carbocycles. The average Bonchev–Trinajstić information content (AvgIpc) is 1.86. The maximum absolute atomic E-state index is 9.47. The molecule has 0 amide bonds. The molecule has 3 heteroatoms. The van der Waals surface area contributed by atoms with Gasteiger partial charge in [0.1, 0.15) is 0 Å². The molecule has 1 atom stereocenters. The number of hydrogen-bond acceptors (Lipinski definition) is 3. The Morgan fingerprint density at radius 2 is 2.09 bits per heavy atom. The molecule has 0 aromatic carbocycles. The summed E-state index contributed by atoms with van der Waals surface area (Å²) in [6.07, 6.45) is 0.420. The SMILES string of the molecule is CCSCCC(O)C(C)(C)N. The molecule has 0 saturated heterocycles. The minimum Gasteiger partial charge on any atom is -0.391 e. The molecule has 2 nitrogen and oxygen atoms in total. The van der Waals surface area contributed by atoms with Crippen LogP contribution in [-0.4, -0.2) is 28.3 Å². The van der Waals surface area contributed by atoms with E-state index in [0.29, 0.717) is 0 Å². The Morgan fingerprint density at radius 1 is 1.55 bits per heavy atom. The number of aliphatic hydroxyl groups is 1. The lowest BCUT2D eigenvalue weighted by molar-refractivity contribution is 0.101. The number of nitrogens with two attached hydrogens (primary N) is 1. The van der Waals surface area contributed by atoms with E-state index in [2.05, 4.69) is 6.92 Å². The van der Waals surface area contributed by atoms with Gasteiger partial charge in [-0.3, -0.25) is 0 Å². The molecule has 0 radical (unpaired) electrons. The van der Waals surface area contributed by atoms with Crippen molar-refractivity contribution < 1.29 is 5.11 Å². The Bertz CT molecular complexity index is 101. The number of hydrogen-bond donors (Lipinski definition) is 2. The zero-order valence-electron chi connectivity index (χ0n) is 7.63. The van der Waals surface area contributed by atoms with Crippen LogP contribution in [0, 0.1) is 0 Å². The molecule has 3 N–H and O–H groups in total. The molecule has 0 spiro atoms. The molecule has 0 aromatic rings. The van der Waals surface area contributed by atoms with Crippen LogP contribution in [0.4, 0.5) is 0 Å². The molecule has 1 unspecified atom stereocenters. The quantitative estimate of drug-likeness (QED) is 0.621. The zero-order chi connectivity index (χ0) is 8.91. The summed E-state index contributed by atoms with van der Waals surface area (Å²) < 4.78 is 0. The molecular formula is C8H19NOS. The van der Waals surface area contributed by atoms with Gasteiger partial charge in [0.15, 0.2) is 0 Å². The van der Waals surface area contributed by atoms with Crippen LogP contribution in [-0.2, 0) is 0 Å². The van der Waals surface area contributed by atoms with Gasteiger partial charge in [-0.1, -0.05) is 6.92 Å². The third-order valence-electron chi connectivity index (χ3n) is 1.60. The van der Waals surface area contributed by atoms with E-state index in [1.165, 1.54) is 0 Å². The van der Waals surface area contributed by atoms with Crippen molar-refractivity contribution in [3.63, 3.8) is 0 Å². The van der Waals surface area contributed by atoms with Crippen molar-refractivity contribution in [2.24, 2.45) is 5.73 Å². The van der Waals surface area contributed by atoms with Crippen molar-refractivity contribution in [2.45, 2.75) is 38.8 Å². The van der Waals surface area contributed by atoms with Crippen LogP contribution in [0.15, 0.2) is 0 Å². The van der Waals surface area contributed by atoms with Crippen molar-refractivity contribution in [3.05, 3.63) is 0 Å². The summed E-state index contributed by atoms with van der Waals surface area (Å²) in [6, 6.07) is 0. The monoisotopic (exact) mass is 177 g/mol. The van der Waals surface area contributed by atoms with Gasteiger partial charge in [-0.25, -0.2) is 0 Å². The predicted octanol–water partition coefficient (Wildman–Crippen LogP) is 1.23. The standard InChI is InChI=1S/C8H19NOS/c1-4-11-6-5-7(10)8(2,3)9/h7,10H,4-6,9H2,1-3H3. The lowest BCUT2D eigenvalue weighted by Crippen LogP contribution is -2.45. The summed E-state index contributed by atoms with van der Waals surface area (Å²) in [7, 11) is 0. The van der Waals surface area contributed by atoms with Crippen molar-refractivity contribution in [2.75, 3.05) is 11.5 Å². The van der Waals surface area contributed by atoms with Crippen molar-refractivity contribution in [1.82, 2.24) is 0 Å². The molecule has 0 aliphatic rings. The zero-order valence-corrected chi connectivity index (χ0v) is 8.45. The molecule has 0 bridgehead atoms. The van der Waals surface area contributed by atoms with Crippen LogP contribution < -0.4 is 5.73 Å². The fraction of sp³-hybridized carbons (Fsp3) is 1.00. The highest BCUT2D eigenvalue weighted by Gasteiger charge is 2.21. The summed E-state index contributed by atoms with van der Waals surface area (Å²) >= 11 is 1.84. The highest BCUT2D eigenvalue weighted by atomic mass is 32.2. The molecular weight excluding hydrogens is 158 g/mol. The number of thioether (sulfide) groups is 1. The van der Waals surface area contributed by atoms with E-state index >= 15 is 0 Å². The second kappa shape index (κ2) is 5.01. The van der Waals surface area contributed by atoms with Crippen LogP contribution >= 0.6 is 11.8 Å². The van der Waals surface area contributed by atoms with Gasteiger partial charge in [-0.15, -0.1) is 0 Å². The summed E-state index contributed by atoms with van der Waals surface area (Å²) in [4.78, 5) is 0. The lowest BCUT2D eigenvalue weighted by Gasteiger charge is -2.25. The van der Waals surface area contributed by atoms with Gasteiger partial charge in [0.2, 0.25) is 0 Å². The van der Waals surface area contributed by atoms with Crippen LogP contribution in [0.3, 0.4) is 0 Å². The van der Waals surface area contributed by atoms with Crippen LogP contribution in [0.1, 0.15) is 27.2 Å². The number of rotatable bonds is 5. The van der Waals surface area contributed by atoms with Gasteiger partial charge in [-0.2, -0.15) is 11.8 Å². The first-order valence-electron chi connectivity index (χ1n) is 4.03. The largest absolute Gasteiger partial charge is 0.391 e. The maximum atomic E-state index is 9.47. The summed E-state index contributed by atoms with van der Waals surface area (Å²) in [5.74, 6) is 2.11. The fourth-order valence-corrected chi connectivity index (χ4v) is 1.39. The molecule has 0 aromatic heterocycles. The molecule has 0 fully saturated rings. The minimum atomic E-state index is -0.450. The lowest BCUT2D eigenvalue weighted by atomic mass is 9.97. The van der Waals surface area contributed by atoms with E-state index in [1.54, 1.807) is 0 Å². The van der Waals surface area contributed by atoms with Gasteiger partial charge in [-0.05, 0) is 31.8 Å². The van der Waals surface area contributed by atoms with E-state index in [0.717, 1.165) is 17.9 Å². The minimum absolute atomic E-state index is 0.374. The number of aliphatic hydroxyl groups excluding tert-OH is 1. The first kappa shape index (κ1) is 11.3. The topological polar surface area (TPSA) is 46.2 Å². The fourth-order valence-electron chi connectivity index (χ4n) is 0.711. The molecule has 0 rings (SSSR count). The molecule has 0 heterocycles. The Balaban J connectivity index is 3.44. The average molecular weight is 177 g/mol. The van der Waals surface area contributed by atoms with Gasteiger partial charge >= 0.3 is 0 Å².